The van der Waals surface area contributed by atoms with E-state index in [0.29, 0.717) is 30.8 Å². The molecule has 1 fully saturated rings. The normalized spacial score (nSPS) is 18.5. The summed E-state index contributed by atoms with van der Waals surface area (Å²) in [4.78, 5) is 63.1. The highest BCUT2D eigenvalue weighted by atomic mass is 32.1. The van der Waals surface area contributed by atoms with E-state index in [2.05, 4.69) is 42.9 Å². The number of piperidine rings is 1. The number of thiazole rings is 1. The summed E-state index contributed by atoms with van der Waals surface area (Å²) in [6.07, 6.45) is 5.43. The summed E-state index contributed by atoms with van der Waals surface area (Å²) >= 11 is 1.26. The summed E-state index contributed by atoms with van der Waals surface area (Å²) in [5.74, 6) is -1.09. The van der Waals surface area contributed by atoms with Gasteiger partial charge in [-0.3, -0.25) is 24.1 Å². The van der Waals surface area contributed by atoms with Crippen LogP contribution in [0, 0.1) is 23.7 Å². The van der Waals surface area contributed by atoms with Crippen LogP contribution in [0.2, 0.25) is 0 Å². The molecule has 3 rings (SSSR count). The summed E-state index contributed by atoms with van der Waals surface area (Å²) in [7, 11) is 2.00. The second-order valence-corrected chi connectivity index (χ2v) is 16.2. The van der Waals surface area contributed by atoms with Gasteiger partial charge in [-0.05, 0) is 69.0 Å². The van der Waals surface area contributed by atoms with Gasteiger partial charge in [0.15, 0.2) is 11.9 Å². The summed E-state index contributed by atoms with van der Waals surface area (Å²) in [5, 5.41) is 15.0. The Morgan fingerprint density at radius 3 is 2.38 bits per heavy atom. The van der Waals surface area contributed by atoms with E-state index in [1.165, 1.54) is 18.3 Å². The fourth-order valence-corrected chi connectivity index (χ4v) is 8.21. The number of carbonyl (C=O) groups excluding carboxylic acids is 4. The van der Waals surface area contributed by atoms with Crippen molar-refractivity contribution in [1.82, 2.24) is 20.1 Å². The first kappa shape index (κ1) is 43.3. The Labute approximate surface area is 316 Å². The third kappa shape index (κ3) is 12.8. The molecule has 0 aliphatic carbocycles. The number of amides is 2. The molecule has 1 aliphatic rings. The van der Waals surface area contributed by atoms with Gasteiger partial charge in [0.25, 0.3) is 5.91 Å². The summed E-state index contributed by atoms with van der Waals surface area (Å²) < 4.78 is 5.88. The molecule has 2 amide bonds. The number of hydrogen-bond donors (Lipinski definition) is 2. The number of carbonyl (C=O) groups is 4. The van der Waals surface area contributed by atoms with Gasteiger partial charge in [0.2, 0.25) is 5.91 Å². The third-order valence-electron chi connectivity index (χ3n) is 10.6. The van der Waals surface area contributed by atoms with Crippen molar-refractivity contribution >= 4 is 34.9 Å². The van der Waals surface area contributed by atoms with Gasteiger partial charge in [0.05, 0.1) is 6.04 Å². The molecule has 2 aromatic rings. The molecule has 2 heterocycles. The second-order valence-electron chi connectivity index (χ2n) is 15.3. The number of aliphatic hydroxyl groups excluding tert-OH is 1. The molecule has 52 heavy (non-hydrogen) atoms. The SMILES string of the molecule is CCCN(C(=O)C(CC(=O)C1CCCCN1C)[C@@H](C)CC)[C@H](C[C@@H](OC(C)=O)c1nc(C(=O)N[C@@H](Cc2ccccc2)C[C@H](C)CO)cs1)C(C)C. The van der Waals surface area contributed by atoms with E-state index < -0.39 is 18.0 Å². The number of likely N-dealkylation sites (N-methyl/N-ethyl adjacent to an activating group) is 1. The number of ketones is 1. The smallest absolute Gasteiger partial charge is 0.303 e. The first-order chi connectivity index (χ1) is 24.8. The van der Waals surface area contributed by atoms with E-state index in [1.807, 2.05) is 56.1 Å². The Morgan fingerprint density at radius 2 is 1.79 bits per heavy atom. The van der Waals surface area contributed by atoms with Gasteiger partial charge in [-0.2, -0.15) is 0 Å². The van der Waals surface area contributed by atoms with Crippen molar-refractivity contribution in [3.05, 3.63) is 52.0 Å². The standard InChI is InChI=1S/C41H64N4O6S/c1-9-19-45(41(50)33(29(6)10-2)23-37(48)35-18-14-15-20-44(35)8)36(27(3)4)24-38(51-30(7)47)40-43-34(26-52-40)39(49)42-32(21-28(5)25-46)22-31-16-12-11-13-17-31/h11-13,16-17,26-29,32-33,35-36,38,46H,9-10,14-15,18-25H2,1-8H3,(H,42,49)/t28-,29-,32+,33?,35?,36+,38+/m0/s1. The molecule has 1 aliphatic heterocycles. The highest BCUT2D eigenvalue weighted by Crippen LogP contribution is 2.33. The lowest BCUT2D eigenvalue weighted by Crippen LogP contribution is -2.50. The van der Waals surface area contributed by atoms with Crippen molar-refractivity contribution < 1.29 is 29.0 Å². The molecular weight excluding hydrogens is 677 g/mol. The average molecular weight is 741 g/mol. The molecule has 11 heteroatoms. The van der Waals surface area contributed by atoms with Crippen molar-refractivity contribution in [2.45, 2.75) is 130 Å². The molecule has 2 unspecified atom stereocenters. The lowest BCUT2D eigenvalue weighted by molar-refractivity contribution is -0.150. The Morgan fingerprint density at radius 1 is 1.08 bits per heavy atom. The van der Waals surface area contributed by atoms with Gasteiger partial charge < -0.3 is 20.1 Å². The first-order valence-corrected chi connectivity index (χ1v) is 20.3. The maximum atomic E-state index is 14.6. The van der Waals surface area contributed by atoms with Crippen molar-refractivity contribution in [2.24, 2.45) is 23.7 Å². The number of hydrogen-bond acceptors (Lipinski definition) is 9. The second kappa shape index (κ2) is 21.5. The van der Waals surface area contributed by atoms with Gasteiger partial charge in [-0.1, -0.05) is 84.7 Å². The fourth-order valence-electron chi connectivity index (χ4n) is 7.37. The lowest BCUT2D eigenvalue weighted by atomic mass is 9.82. The topological polar surface area (TPSA) is 129 Å². The molecule has 0 saturated carbocycles. The van der Waals surface area contributed by atoms with E-state index in [0.717, 1.165) is 44.2 Å². The number of aromatic nitrogens is 1. The summed E-state index contributed by atoms with van der Waals surface area (Å²) in [6, 6.07) is 9.25. The molecule has 0 bridgehead atoms. The van der Waals surface area contributed by atoms with Crippen LogP contribution in [-0.2, 0) is 25.5 Å². The zero-order valence-electron chi connectivity index (χ0n) is 32.8. The minimum Gasteiger partial charge on any atom is -0.455 e. The minimum atomic E-state index is -0.766. The van der Waals surface area contributed by atoms with E-state index in [4.69, 9.17) is 4.74 Å². The number of esters is 1. The van der Waals surface area contributed by atoms with Crippen molar-refractivity contribution in [2.75, 3.05) is 26.7 Å². The molecule has 0 spiro atoms. The summed E-state index contributed by atoms with van der Waals surface area (Å²) in [5.41, 5.74) is 1.32. The Hall–Kier alpha value is -3.15. The quantitative estimate of drug-likeness (QED) is 0.133. The highest BCUT2D eigenvalue weighted by Gasteiger charge is 2.38. The van der Waals surface area contributed by atoms with Crippen LogP contribution in [0.1, 0.15) is 127 Å². The molecule has 7 atom stereocenters. The van der Waals surface area contributed by atoms with Gasteiger partial charge in [0, 0.05) is 56.3 Å². The molecule has 1 saturated heterocycles. The van der Waals surface area contributed by atoms with E-state index in [9.17, 15) is 24.3 Å². The number of nitrogens with one attached hydrogen (secondary N) is 1. The minimum absolute atomic E-state index is 0.00160. The number of ether oxygens (including phenoxy) is 1. The van der Waals surface area contributed by atoms with Gasteiger partial charge >= 0.3 is 5.97 Å². The number of benzene rings is 1. The van der Waals surface area contributed by atoms with Crippen LogP contribution in [0.25, 0.3) is 0 Å². The fraction of sp³-hybridized carbons (Fsp3) is 0.683. The van der Waals surface area contributed by atoms with Crippen molar-refractivity contribution in [3.63, 3.8) is 0 Å². The zero-order chi connectivity index (χ0) is 38.4. The zero-order valence-corrected chi connectivity index (χ0v) is 33.6. The van der Waals surface area contributed by atoms with Gasteiger partial charge in [-0.25, -0.2) is 4.98 Å². The van der Waals surface area contributed by atoms with Gasteiger partial charge in [-0.15, -0.1) is 11.3 Å². The number of nitrogens with zero attached hydrogens (tertiary/aromatic N) is 3. The first-order valence-electron chi connectivity index (χ1n) is 19.4. The van der Waals surface area contributed by atoms with Crippen molar-refractivity contribution in [3.8, 4) is 0 Å². The van der Waals surface area contributed by atoms with E-state index >= 15 is 0 Å². The van der Waals surface area contributed by atoms with Gasteiger partial charge in [0.1, 0.15) is 10.7 Å². The lowest BCUT2D eigenvalue weighted by Gasteiger charge is -2.39. The van der Waals surface area contributed by atoms with Crippen LogP contribution in [0.5, 0.6) is 0 Å². The van der Waals surface area contributed by atoms with Crippen LogP contribution >= 0.6 is 11.3 Å². The maximum Gasteiger partial charge on any atom is 0.303 e. The Bertz CT molecular complexity index is 1420. The largest absolute Gasteiger partial charge is 0.455 e. The van der Waals surface area contributed by atoms with Crippen LogP contribution < -0.4 is 5.32 Å². The molecule has 0 radical (unpaired) electrons. The van der Waals surface area contributed by atoms with Crippen molar-refractivity contribution in [1.29, 1.82) is 0 Å². The maximum absolute atomic E-state index is 14.6. The van der Waals surface area contributed by atoms with E-state index in [1.54, 1.807) is 5.38 Å². The molecular formula is C41H64N4O6S. The van der Waals surface area contributed by atoms with Crippen LogP contribution in [0.15, 0.2) is 35.7 Å². The number of likely N-dealkylation sites (tertiary alicyclic amines) is 1. The molecule has 290 valence electrons. The predicted octanol–water partition coefficient (Wildman–Crippen LogP) is 6.87. The predicted molar refractivity (Wildman–Crippen MR) is 207 cm³/mol. The third-order valence-corrected chi connectivity index (χ3v) is 11.5. The monoisotopic (exact) mass is 740 g/mol. The van der Waals surface area contributed by atoms with Crippen LogP contribution in [-0.4, -0.2) is 88.3 Å². The number of Topliss-reactive ketones (excluding diaryl/α,β-unsaturated/α-hetero) is 1. The summed E-state index contributed by atoms with van der Waals surface area (Å²) in [6.45, 7) is 15.0. The van der Waals surface area contributed by atoms with E-state index in [-0.39, 0.29) is 72.2 Å². The number of rotatable bonds is 21. The van der Waals surface area contributed by atoms with Crippen LogP contribution in [0.4, 0.5) is 0 Å². The number of aliphatic hydroxyl groups is 1. The Kier molecular flexibility index (Phi) is 17.9. The highest BCUT2D eigenvalue weighted by molar-refractivity contribution is 7.09. The molecule has 1 aromatic carbocycles. The molecule has 2 N–H and O–H groups in total. The Balaban J connectivity index is 1.86. The molecule has 1 aromatic heterocycles. The van der Waals surface area contributed by atoms with Crippen LogP contribution in [0.3, 0.4) is 0 Å². The average Bonchev–Trinajstić information content (AvgIpc) is 3.62. The molecule has 10 nitrogen and oxygen atoms in total.